The van der Waals surface area contributed by atoms with Gasteiger partial charge in [-0.2, -0.15) is 0 Å². The molecule has 3 unspecified atom stereocenters. The van der Waals surface area contributed by atoms with Crippen LogP contribution in [0.5, 0.6) is 0 Å². The lowest BCUT2D eigenvalue weighted by molar-refractivity contribution is -0.143. The van der Waals surface area contributed by atoms with E-state index in [2.05, 4.69) is 4.72 Å². The lowest BCUT2D eigenvalue weighted by atomic mass is 9.85. The third kappa shape index (κ3) is 5.08. The Morgan fingerprint density at radius 2 is 1.84 bits per heavy atom. The third-order valence-corrected chi connectivity index (χ3v) is 5.40. The molecule has 0 saturated heterocycles. The van der Waals surface area contributed by atoms with Crippen LogP contribution in [0.1, 0.15) is 39.7 Å². The van der Waals surface area contributed by atoms with Crippen molar-refractivity contribution in [2.75, 3.05) is 0 Å². The number of carboxylic acids is 1. The van der Waals surface area contributed by atoms with Gasteiger partial charge in [0.05, 0.1) is 0 Å². The van der Waals surface area contributed by atoms with Crippen LogP contribution in [-0.2, 0) is 21.7 Å². The molecule has 0 aliphatic heterocycles. The summed E-state index contributed by atoms with van der Waals surface area (Å²) in [5.41, 5.74) is -2.61. The molecule has 2 N–H and O–H groups in total. The molecule has 0 bridgehead atoms. The third-order valence-electron chi connectivity index (χ3n) is 3.68. The first-order valence-electron chi connectivity index (χ1n) is 7.45. The number of carboxylic acid groups (broad SMARTS) is 1. The van der Waals surface area contributed by atoms with E-state index < -0.39 is 63.6 Å². The number of rotatable bonds is 7. The maximum absolute atomic E-state index is 14.8. The lowest BCUT2D eigenvalue weighted by Crippen LogP contribution is -2.55. The summed E-state index contributed by atoms with van der Waals surface area (Å²) in [7, 11) is 0. The Morgan fingerprint density at radius 1 is 1.28 bits per heavy atom. The van der Waals surface area contributed by atoms with Gasteiger partial charge in [0.2, 0.25) is 0 Å². The van der Waals surface area contributed by atoms with Gasteiger partial charge >= 0.3 is 5.97 Å². The highest BCUT2D eigenvalue weighted by atomic mass is 32.2. The Kier molecular flexibility index (Phi) is 6.88. The smallest absolute Gasteiger partial charge is 0.338 e. The van der Waals surface area contributed by atoms with Gasteiger partial charge in [-0.25, -0.2) is 22.4 Å². The number of hydrogen-bond acceptors (Lipinski definition) is 3. The molecule has 0 radical (unpaired) electrons. The molecule has 25 heavy (non-hydrogen) atoms. The molecular weight excluding hydrogens is 362 g/mol. The lowest BCUT2D eigenvalue weighted by Gasteiger charge is -2.37. The fourth-order valence-corrected chi connectivity index (χ4v) is 2.99. The molecule has 0 saturated carbocycles. The standard InChI is InChI=1S/C16H21F4NO3S/c1-15(2,3)25(24)21-16(4,12(19)8-11(18)14(22)23)9-6-5-7-10(17)13(9)20/h5-7,11-12,21H,8H2,1-4H3,(H,22,23)/t11?,12-,16?,25?/m0/s1. The summed E-state index contributed by atoms with van der Waals surface area (Å²) in [5, 5.41) is 8.62. The van der Waals surface area contributed by atoms with E-state index in [4.69, 9.17) is 5.11 Å². The predicted molar refractivity (Wildman–Crippen MR) is 86.8 cm³/mol. The summed E-state index contributed by atoms with van der Waals surface area (Å²) in [6, 6.07) is 3.03. The molecule has 0 aliphatic rings. The van der Waals surface area contributed by atoms with E-state index in [0.717, 1.165) is 25.1 Å². The zero-order chi connectivity index (χ0) is 19.6. The number of halogens is 4. The van der Waals surface area contributed by atoms with Gasteiger partial charge in [0.15, 0.2) is 17.8 Å². The maximum Gasteiger partial charge on any atom is 0.338 e. The second-order valence-corrected chi connectivity index (χ2v) is 8.76. The van der Waals surface area contributed by atoms with Gasteiger partial charge in [-0.05, 0) is 33.8 Å². The molecule has 1 aromatic carbocycles. The first-order valence-corrected chi connectivity index (χ1v) is 8.60. The number of alkyl halides is 2. The zero-order valence-electron chi connectivity index (χ0n) is 14.3. The molecule has 0 fully saturated rings. The predicted octanol–water partition coefficient (Wildman–Crippen LogP) is 3.38. The van der Waals surface area contributed by atoms with Gasteiger partial charge in [-0.3, -0.25) is 0 Å². The second-order valence-electron chi connectivity index (χ2n) is 6.80. The second kappa shape index (κ2) is 7.92. The largest absolute Gasteiger partial charge is 0.598 e. The molecule has 4 nitrogen and oxygen atoms in total. The van der Waals surface area contributed by atoms with Gasteiger partial charge in [0.25, 0.3) is 0 Å². The summed E-state index contributed by atoms with van der Waals surface area (Å²) < 4.78 is 69.9. The highest BCUT2D eigenvalue weighted by molar-refractivity contribution is 7.90. The molecule has 142 valence electrons. The number of nitrogens with one attached hydrogen (secondary N) is 1. The summed E-state index contributed by atoms with van der Waals surface area (Å²) in [4.78, 5) is 10.6. The van der Waals surface area contributed by atoms with Crippen LogP contribution in [0.25, 0.3) is 0 Å². The highest BCUT2D eigenvalue weighted by Crippen LogP contribution is 2.35. The Bertz CT molecular complexity index is 626. The molecule has 4 atom stereocenters. The SMILES string of the molecule is CC(N[S+]([O-])C(C)(C)C)(c1cccc(F)c1F)[C@@H](F)CC(F)C(=O)O. The van der Waals surface area contributed by atoms with Crippen LogP contribution >= 0.6 is 0 Å². The maximum atomic E-state index is 14.8. The van der Waals surface area contributed by atoms with Crippen LogP contribution in [0.15, 0.2) is 18.2 Å². The molecule has 1 aromatic rings. The van der Waals surface area contributed by atoms with Crippen molar-refractivity contribution in [3.8, 4) is 0 Å². The van der Waals surface area contributed by atoms with E-state index in [0.29, 0.717) is 0 Å². The molecular formula is C16H21F4NO3S. The minimum atomic E-state index is -2.55. The van der Waals surface area contributed by atoms with E-state index >= 15 is 0 Å². The average Bonchev–Trinajstić information content (AvgIpc) is 2.48. The van der Waals surface area contributed by atoms with Crippen molar-refractivity contribution in [3.63, 3.8) is 0 Å². The number of hydrogen-bond donors (Lipinski definition) is 2. The Balaban J connectivity index is 3.35. The minimum Gasteiger partial charge on any atom is -0.598 e. The average molecular weight is 383 g/mol. The zero-order valence-corrected chi connectivity index (χ0v) is 15.1. The van der Waals surface area contributed by atoms with Gasteiger partial charge in [-0.15, -0.1) is 4.72 Å². The van der Waals surface area contributed by atoms with Gasteiger partial charge < -0.3 is 9.66 Å². The van der Waals surface area contributed by atoms with Crippen LogP contribution in [0, 0.1) is 11.6 Å². The van der Waals surface area contributed by atoms with E-state index in [-0.39, 0.29) is 0 Å². The number of benzene rings is 1. The van der Waals surface area contributed by atoms with Crippen LogP contribution in [0.2, 0.25) is 0 Å². The van der Waals surface area contributed by atoms with Crippen LogP contribution in [0.3, 0.4) is 0 Å². The molecule has 0 aromatic heterocycles. The summed E-state index contributed by atoms with van der Waals surface area (Å²) >= 11 is -1.92. The van der Waals surface area contributed by atoms with Crippen LogP contribution < -0.4 is 4.72 Å². The molecule has 0 heterocycles. The molecule has 9 heteroatoms. The van der Waals surface area contributed by atoms with Crippen molar-refractivity contribution < 1.29 is 32.0 Å². The summed E-state index contributed by atoms with van der Waals surface area (Å²) in [6.07, 6.45) is -5.95. The Hall–Kier alpha value is -1.32. The topological polar surface area (TPSA) is 72.4 Å². The highest BCUT2D eigenvalue weighted by Gasteiger charge is 2.46. The normalized spacial score (nSPS) is 18.3. The summed E-state index contributed by atoms with van der Waals surface area (Å²) in [6.45, 7) is 5.80. The van der Waals surface area contributed by atoms with Crippen molar-refractivity contribution in [2.24, 2.45) is 0 Å². The monoisotopic (exact) mass is 383 g/mol. The van der Waals surface area contributed by atoms with E-state index in [1.54, 1.807) is 20.8 Å². The first kappa shape index (κ1) is 21.7. The molecule has 0 amide bonds. The van der Waals surface area contributed by atoms with Crippen molar-refractivity contribution in [2.45, 2.75) is 56.7 Å². The van der Waals surface area contributed by atoms with Crippen molar-refractivity contribution in [1.29, 1.82) is 0 Å². The van der Waals surface area contributed by atoms with Crippen molar-refractivity contribution in [1.82, 2.24) is 4.72 Å². The van der Waals surface area contributed by atoms with Crippen LogP contribution in [-0.4, -0.2) is 32.7 Å². The van der Waals surface area contributed by atoms with Crippen LogP contribution in [0.4, 0.5) is 17.6 Å². The number of aliphatic carboxylic acids is 1. The molecule has 0 spiro atoms. The summed E-state index contributed by atoms with van der Waals surface area (Å²) in [5.74, 6) is -4.51. The van der Waals surface area contributed by atoms with Gasteiger partial charge in [0, 0.05) is 23.3 Å². The minimum absolute atomic E-state index is 0.504. The van der Waals surface area contributed by atoms with E-state index in [9.17, 15) is 26.9 Å². The van der Waals surface area contributed by atoms with E-state index in [1.807, 2.05) is 0 Å². The van der Waals surface area contributed by atoms with Gasteiger partial charge in [-0.1, -0.05) is 12.1 Å². The fourth-order valence-electron chi connectivity index (χ4n) is 2.06. The van der Waals surface area contributed by atoms with Crippen molar-refractivity contribution in [3.05, 3.63) is 35.4 Å². The fraction of sp³-hybridized carbons (Fsp3) is 0.562. The molecule has 1 rings (SSSR count). The Morgan fingerprint density at radius 3 is 2.32 bits per heavy atom. The van der Waals surface area contributed by atoms with Gasteiger partial charge in [0.1, 0.15) is 16.5 Å². The van der Waals surface area contributed by atoms with E-state index in [1.165, 1.54) is 0 Å². The first-order chi connectivity index (χ1) is 11.3. The molecule has 0 aliphatic carbocycles. The quantitative estimate of drug-likeness (QED) is 0.559. The Labute approximate surface area is 146 Å². The van der Waals surface area contributed by atoms with Crippen molar-refractivity contribution >= 4 is 17.3 Å². The number of carbonyl (C=O) groups is 1.